The van der Waals surface area contributed by atoms with E-state index in [1.807, 2.05) is 13.0 Å². The summed E-state index contributed by atoms with van der Waals surface area (Å²) >= 11 is 0. The van der Waals surface area contributed by atoms with Crippen LogP contribution in [0.1, 0.15) is 12.5 Å². The highest BCUT2D eigenvalue weighted by Crippen LogP contribution is 2.20. The van der Waals surface area contributed by atoms with Crippen molar-refractivity contribution in [3.8, 4) is 11.6 Å². The van der Waals surface area contributed by atoms with Gasteiger partial charge in [0.15, 0.2) is 5.96 Å². The highest BCUT2D eigenvalue weighted by Gasteiger charge is 2.06. The second-order valence-electron chi connectivity index (χ2n) is 5.90. The fourth-order valence-electron chi connectivity index (χ4n) is 2.06. The smallest absolute Gasteiger partial charge is 0.241 e. The summed E-state index contributed by atoms with van der Waals surface area (Å²) in [7, 11) is 3.40. The first-order valence-corrected chi connectivity index (χ1v) is 8.58. The minimum atomic E-state index is -0.324. The molecular formula is C19H24FN5O2. The molecule has 0 aliphatic carbocycles. The fraction of sp³-hybridized carbons (Fsp3) is 0.316. The molecule has 0 bridgehead atoms. The molecule has 8 heteroatoms. The number of halogens is 1. The van der Waals surface area contributed by atoms with Gasteiger partial charge in [-0.1, -0.05) is 0 Å². The van der Waals surface area contributed by atoms with Crippen molar-refractivity contribution in [2.45, 2.75) is 13.5 Å². The molecule has 0 saturated heterocycles. The number of likely N-dealkylation sites (N-methyl/N-ethyl adjacent to an activating group) is 1. The fourth-order valence-corrected chi connectivity index (χ4v) is 2.06. The summed E-state index contributed by atoms with van der Waals surface area (Å²) in [6.07, 6.45) is 1.62. The largest absolute Gasteiger partial charge is 0.439 e. The molecule has 2 aromatic rings. The number of amides is 1. The minimum absolute atomic E-state index is 0.0421. The summed E-state index contributed by atoms with van der Waals surface area (Å²) in [6.45, 7) is 3.17. The van der Waals surface area contributed by atoms with Gasteiger partial charge in [-0.2, -0.15) is 0 Å². The van der Waals surface area contributed by atoms with Crippen LogP contribution in [0.4, 0.5) is 4.39 Å². The van der Waals surface area contributed by atoms with Gasteiger partial charge >= 0.3 is 0 Å². The van der Waals surface area contributed by atoms with Gasteiger partial charge in [0.05, 0.1) is 13.1 Å². The summed E-state index contributed by atoms with van der Waals surface area (Å²) < 4.78 is 18.6. The van der Waals surface area contributed by atoms with Gasteiger partial charge in [0, 0.05) is 32.9 Å². The average molecular weight is 373 g/mol. The number of benzene rings is 1. The third-order valence-corrected chi connectivity index (χ3v) is 3.51. The first-order valence-electron chi connectivity index (χ1n) is 8.58. The number of carbonyl (C=O) groups excluding carboxylic acids is 1. The van der Waals surface area contributed by atoms with Gasteiger partial charge in [-0.15, -0.1) is 0 Å². The number of nitrogens with one attached hydrogen (secondary N) is 2. The molecule has 0 unspecified atom stereocenters. The number of pyridine rings is 1. The Morgan fingerprint density at radius 2 is 1.96 bits per heavy atom. The van der Waals surface area contributed by atoms with E-state index in [4.69, 9.17) is 4.74 Å². The molecule has 27 heavy (non-hydrogen) atoms. The maximum absolute atomic E-state index is 13.0. The number of aliphatic imine (C=N–C) groups is 1. The Kier molecular flexibility index (Phi) is 7.54. The number of rotatable bonds is 7. The minimum Gasteiger partial charge on any atom is -0.439 e. The van der Waals surface area contributed by atoms with Crippen molar-refractivity contribution in [1.29, 1.82) is 0 Å². The lowest BCUT2D eigenvalue weighted by Crippen LogP contribution is -2.42. The lowest BCUT2D eigenvalue weighted by Gasteiger charge is -2.14. The van der Waals surface area contributed by atoms with Crippen molar-refractivity contribution >= 4 is 11.9 Å². The molecule has 0 saturated carbocycles. The summed E-state index contributed by atoms with van der Waals surface area (Å²) in [5.41, 5.74) is 0.887. The number of nitrogens with zero attached hydrogens (tertiary/aromatic N) is 3. The van der Waals surface area contributed by atoms with Gasteiger partial charge < -0.3 is 20.3 Å². The lowest BCUT2D eigenvalue weighted by molar-refractivity contribution is -0.127. The first-order chi connectivity index (χ1) is 13.0. The summed E-state index contributed by atoms with van der Waals surface area (Å²) in [5.74, 6) is 1.08. The Balaban J connectivity index is 2.00. The Bertz CT molecular complexity index is 778. The van der Waals surface area contributed by atoms with E-state index in [1.54, 1.807) is 26.4 Å². The number of hydrogen-bond donors (Lipinski definition) is 2. The Labute approximate surface area is 158 Å². The van der Waals surface area contributed by atoms with Crippen LogP contribution in [0.5, 0.6) is 11.6 Å². The van der Waals surface area contributed by atoms with E-state index in [0.29, 0.717) is 30.7 Å². The first kappa shape index (κ1) is 20.2. The molecule has 144 valence electrons. The van der Waals surface area contributed by atoms with Crippen molar-refractivity contribution in [3.63, 3.8) is 0 Å². The van der Waals surface area contributed by atoms with Gasteiger partial charge in [-0.3, -0.25) is 4.79 Å². The molecule has 2 N–H and O–H groups in total. The Hall–Kier alpha value is -3.16. The molecule has 7 nitrogen and oxygen atoms in total. The van der Waals surface area contributed by atoms with Gasteiger partial charge in [-0.05, 0) is 42.8 Å². The van der Waals surface area contributed by atoms with Crippen molar-refractivity contribution < 1.29 is 13.9 Å². The monoisotopic (exact) mass is 373 g/mol. The van der Waals surface area contributed by atoms with Crippen LogP contribution in [0.2, 0.25) is 0 Å². The maximum atomic E-state index is 13.0. The van der Waals surface area contributed by atoms with E-state index in [-0.39, 0.29) is 18.3 Å². The van der Waals surface area contributed by atoms with E-state index < -0.39 is 0 Å². The standard InChI is InChI=1S/C19H24FN5O2/c1-4-21-19(24-13-18(26)25(2)3)23-12-14-9-10-22-17(11-14)27-16-7-5-15(20)6-8-16/h5-11H,4,12-13H2,1-3H3,(H2,21,23,24). The summed E-state index contributed by atoms with van der Waals surface area (Å²) in [4.78, 5) is 21.8. The van der Waals surface area contributed by atoms with Crippen LogP contribution in [0.15, 0.2) is 47.6 Å². The molecule has 0 radical (unpaired) electrons. The van der Waals surface area contributed by atoms with Gasteiger partial charge in [0.2, 0.25) is 11.8 Å². The zero-order valence-corrected chi connectivity index (χ0v) is 15.7. The SMILES string of the molecule is CCNC(=NCc1ccnc(Oc2ccc(F)cc2)c1)NCC(=O)N(C)C. The molecule has 1 aromatic carbocycles. The third kappa shape index (κ3) is 6.93. The predicted molar refractivity (Wildman–Crippen MR) is 102 cm³/mol. The quantitative estimate of drug-likeness (QED) is 0.574. The van der Waals surface area contributed by atoms with Gasteiger partial charge in [0.1, 0.15) is 11.6 Å². The van der Waals surface area contributed by atoms with Crippen molar-refractivity contribution in [2.75, 3.05) is 27.2 Å². The van der Waals surface area contributed by atoms with E-state index >= 15 is 0 Å². The normalized spacial score (nSPS) is 11.0. The molecule has 2 rings (SSSR count). The topological polar surface area (TPSA) is 78.9 Å². The van der Waals surface area contributed by atoms with Gasteiger partial charge in [-0.25, -0.2) is 14.4 Å². The van der Waals surface area contributed by atoms with Crippen molar-refractivity contribution in [2.24, 2.45) is 4.99 Å². The van der Waals surface area contributed by atoms with Crippen LogP contribution in [-0.2, 0) is 11.3 Å². The molecule has 0 spiro atoms. The third-order valence-electron chi connectivity index (χ3n) is 3.51. The number of hydrogen-bond acceptors (Lipinski definition) is 4. The van der Waals surface area contributed by atoms with E-state index in [9.17, 15) is 9.18 Å². The zero-order chi connectivity index (χ0) is 19.6. The van der Waals surface area contributed by atoms with Crippen LogP contribution < -0.4 is 15.4 Å². The van der Waals surface area contributed by atoms with E-state index in [2.05, 4.69) is 20.6 Å². The van der Waals surface area contributed by atoms with E-state index in [0.717, 1.165) is 5.56 Å². The maximum Gasteiger partial charge on any atom is 0.241 e. The molecule has 0 fully saturated rings. The van der Waals surface area contributed by atoms with Crippen LogP contribution in [0.3, 0.4) is 0 Å². The average Bonchev–Trinajstić information content (AvgIpc) is 2.66. The Morgan fingerprint density at radius 3 is 2.63 bits per heavy atom. The number of guanidine groups is 1. The molecular weight excluding hydrogens is 349 g/mol. The lowest BCUT2D eigenvalue weighted by atomic mass is 10.2. The van der Waals surface area contributed by atoms with Crippen LogP contribution in [0.25, 0.3) is 0 Å². The second-order valence-corrected chi connectivity index (χ2v) is 5.90. The summed E-state index contributed by atoms with van der Waals surface area (Å²) in [6, 6.07) is 9.32. The number of carbonyl (C=O) groups is 1. The summed E-state index contributed by atoms with van der Waals surface area (Å²) in [5, 5.41) is 6.09. The molecule has 0 aliphatic heterocycles. The molecule has 0 atom stereocenters. The van der Waals surface area contributed by atoms with Crippen molar-refractivity contribution in [1.82, 2.24) is 20.5 Å². The predicted octanol–water partition coefficient (Wildman–Crippen LogP) is 2.16. The van der Waals surface area contributed by atoms with Crippen molar-refractivity contribution in [3.05, 3.63) is 54.0 Å². The highest BCUT2D eigenvalue weighted by molar-refractivity contribution is 5.86. The van der Waals surface area contributed by atoms with E-state index in [1.165, 1.54) is 29.2 Å². The van der Waals surface area contributed by atoms with Crippen LogP contribution >= 0.6 is 0 Å². The van der Waals surface area contributed by atoms with Crippen LogP contribution in [0, 0.1) is 5.82 Å². The number of ether oxygens (including phenoxy) is 1. The number of aromatic nitrogens is 1. The molecule has 1 heterocycles. The second kappa shape index (κ2) is 10.1. The zero-order valence-electron chi connectivity index (χ0n) is 15.7. The molecule has 0 aliphatic rings. The highest BCUT2D eigenvalue weighted by atomic mass is 19.1. The Morgan fingerprint density at radius 1 is 1.22 bits per heavy atom. The molecule has 1 amide bonds. The molecule has 1 aromatic heterocycles. The van der Waals surface area contributed by atoms with Crippen LogP contribution in [-0.4, -0.2) is 48.9 Å². The van der Waals surface area contributed by atoms with Gasteiger partial charge in [0.25, 0.3) is 0 Å².